The third-order valence-electron chi connectivity index (χ3n) is 4.48. The zero-order chi connectivity index (χ0) is 18.0. The van der Waals surface area contributed by atoms with Gasteiger partial charge in [-0.1, -0.05) is 6.58 Å². The fourth-order valence-corrected chi connectivity index (χ4v) is 2.94. The summed E-state index contributed by atoms with van der Waals surface area (Å²) in [5.74, 6) is 0.225. The van der Waals surface area contributed by atoms with Crippen LogP contribution in [0.1, 0.15) is 21.5 Å². The zero-order valence-corrected chi connectivity index (χ0v) is 14.1. The average Bonchev–Trinajstić information content (AvgIpc) is 2.66. The first-order chi connectivity index (χ1) is 12.0. The van der Waals surface area contributed by atoms with Gasteiger partial charge >= 0.3 is 0 Å². The number of carbonyl (C=O) groups is 2. The van der Waals surface area contributed by atoms with Crippen LogP contribution in [0.5, 0.6) is 0 Å². The summed E-state index contributed by atoms with van der Waals surface area (Å²) in [6.45, 7) is 4.58. The van der Waals surface area contributed by atoms with Crippen molar-refractivity contribution < 1.29 is 9.59 Å². The van der Waals surface area contributed by atoms with Gasteiger partial charge in [-0.2, -0.15) is 0 Å². The lowest BCUT2D eigenvalue weighted by Crippen LogP contribution is -2.36. The molecular weight excluding hydrogens is 316 g/mol. The van der Waals surface area contributed by atoms with Crippen molar-refractivity contribution in [2.75, 3.05) is 24.2 Å². The molecule has 2 heterocycles. The first kappa shape index (κ1) is 16.7. The molecule has 1 aliphatic heterocycles. The summed E-state index contributed by atoms with van der Waals surface area (Å²) >= 11 is 0. The highest BCUT2D eigenvalue weighted by Crippen LogP contribution is 2.24. The molecule has 0 saturated carbocycles. The molecule has 0 unspecified atom stereocenters. The molecule has 128 valence electrons. The summed E-state index contributed by atoms with van der Waals surface area (Å²) in [4.78, 5) is 31.8. The van der Waals surface area contributed by atoms with E-state index in [1.807, 2.05) is 6.07 Å². The standard InChI is InChI=1S/C19H20N4O2/c1-3-17(24)22(2)15-6-4-14(5-7-15)19(25)23-11-9-13-8-10-21-18(20)16(13)12-23/h3-8,10H,1,9,11-12H2,2H3,(H2,20,21). The maximum atomic E-state index is 12.8. The average molecular weight is 336 g/mol. The van der Waals surface area contributed by atoms with Gasteiger partial charge in [-0.25, -0.2) is 4.98 Å². The van der Waals surface area contributed by atoms with Crippen molar-refractivity contribution in [3.8, 4) is 0 Å². The zero-order valence-electron chi connectivity index (χ0n) is 14.1. The van der Waals surface area contributed by atoms with E-state index in [1.165, 1.54) is 11.0 Å². The second kappa shape index (κ2) is 6.76. The van der Waals surface area contributed by atoms with Gasteiger partial charge in [0.05, 0.1) is 0 Å². The first-order valence-corrected chi connectivity index (χ1v) is 8.03. The molecule has 0 fully saturated rings. The van der Waals surface area contributed by atoms with Crippen molar-refractivity contribution in [1.82, 2.24) is 9.88 Å². The molecule has 0 saturated heterocycles. The summed E-state index contributed by atoms with van der Waals surface area (Å²) in [5, 5.41) is 0. The number of hydrogen-bond donors (Lipinski definition) is 1. The summed E-state index contributed by atoms with van der Waals surface area (Å²) in [6.07, 6.45) is 3.72. The van der Waals surface area contributed by atoms with Crippen LogP contribution < -0.4 is 10.6 Å². The highest BCUT2D eigenvalue weighted by atomic mass is 16.2. The number of benzene rings is 1. The molecule has 0 radical (unpaired) electrons. The predicted octanol–water partition coefficient (Wildman–Crippen LogP) is 2.01. The van der Waals surface area contributed by atoms with Gasteiger partial charge in [-0.3, -0.25) is 9.59 Å². The topological polar surface area (TPSA) is 79.5 Å². The van der Waals surface area contributed by atoms with Gasteiger partial charge in [-0.05, 0) is 48.4 Å². The molecule has 2 amide bonds. The molecule has 0 bridgehead atoms. The number of hydrogen-bond acceptors (Lipinski definition) is 4. The van der Waals surface area contributed by atoms with Gasteiger partial charge in [-0.15, -0.1) is 0 Å². The lowest BCUT2D eigenvalue weighted by Gasteiger charge is -2.29. The normalized spacial score (nSPS) is 13.1. The Balaban J connectivity index is 1.77. The smallest absolute Gasteiger partial charge is 0.254 e. The first-order valence-electron chi connectivity index (χ1n) is 8.03. The molecule has 25 heavy (non-hydrogen) atoms. The van der Waals surface area contributed by atoms with E-state index in [4.69, 9.17) is 5.73 Å². The number of pyridine rings is 1. The molecule has 3 rings (SSSR count). The Morgan fingerprint density at radius 2 is 2.00 bits per heavy atom. The van der Waals surface area contributed by atoms with Crippen LogP contribution in [-0.4, -0.2) is 35.3 Å². The van der Waals surface area contributed by atoms with Crippen LogP contribution in [0.2, 0.25) is 0 Å². The Hall–Kier alpha value is -3.15. The lowest BCUT2D eigenvalue weighted by atomic mass is 10.0. The van der Waals surface area contributed by atoms with Gasteiger partial charge < -0.3 is 15.5 Å². The summed E-state index contributed by atoms with van der Waals surface area (Å²) in [7, 11) is 1.66. The number of likely N-dealkylation sites (N-methyl/N-ethyl adjacent to an activating group) is 1. The van der Waals surface area contributed by atoms with E-state index in [0.29, 0.717) is 30.2 Å². The van der Waals surface area contributed by atoms with Gasteiger partial charge in [0.25, 0.3) is 5.91 Å². The van der Waals surface area contributed by atoms with Crippen molar-refractivity contribution >= 4 is 23.3 Å². The van der Waals surface area contributed by atoms with Crippen LogP contribution in [0.3, 0.4) is 0 Å². The molecule has 2 N–H and O–H groups in total. The van der Waals surface area contributed by atoms with E-state index in [-0.39, 0.29) is 11.8 Å². The third-order valence-corrected chi connectivity index (χ3v) is 4.48. The summed E-state index contributed by atoms with van der Waals surface area (Å²) < 4.78 is 0. The second-order valence-electron chi connectivity index (χ2n) is 5.96. The second-order valence-corrected chi connectivity index (χ2v) is 5.96. The number of rotatable bonds is 3. The Morgan fingerprint density at radius 3 is 2.68 bits per heavy atom. The molecule has 6 heteroatoms. The molecule has 0 spiro atoms. The van der Waals surface area contributed by atoms with Gasteiger partial charge in [0.15, 0.2) is 0 Å². The molecular formula is C19H20N4O2. The summed E-state index contributed by atoms with van der Waals surface area (Å²) in [5.41, 5.74) is 9.30. The lowest BCUT2D eigenvalue weighted by molar-refractivity contribution is -0.113. The molecule has 1 aromatic heterocycles. The molecule has 1 aromatic carbocycles. The highest BCUT2D eigenvalue weighted by molar-refractivity contribution is 6.01. The Kier molecular flexibility index (Phi) is 4.52. The van der Waals surface area contributed by atoms with Crippen molar-refractivity contribution in [3.63, 3.8) is 0 Å². The maximum Gasteiger partial charge on any atom is 0.254 e. The van der Waals surface area contributed by atoms with Crippen LogP contribution >= 0.6 is 0 Å². The van der Waals surface area contributed by atoms with Crippen LogP contribution in [-0.2, 0) is 17.8 Å². The minimum absolute atomic E-state index is 0.0573. The number of nitrogen functional groups attached to an aromatic ring is 1. The quantitative estimate of drug-likeness (QED) is 0.870. The minimum atomic E-state index is -0.199. The number of fused-ring (bicyclic) bond motifs is 1. The minimum Gasteiger partial charge on any atom is -0.383 e. The third kappa shape index (κ3) is 3.24. The van der Waals surface area contributed by atoms with Crippen LogP contribution in [0.25, 0.3) is 0 Å². The monoisotopic (exact) mass is 336 g/mol. The SMILES string of the molecule is C=CC(=O)N(C)c1ccc(C(=O)N2CCc3ccnc(N)c3C2)cc1. The maximum absolute atomic E-state index is 12.8. The van der Waals surface area contributed by atoms with Crippen LogP contribution in [0.15, 0.2) is 49.2 Å². The Labute approximate surface area is 146 Å². The number of aromatic nitrogens is 1. The number of amides is 2. The van der Waals surface area contributed by atoms with Crippen molar-refractivity contribution in [3.05, 3.63) is 65.9 Å². The van der Waals surface area contributed by atoms with Gasteiger partial charge in [0.1, 0.15) is 5.82 Å². The van der Waals surface area contributed by atoms with Crippen LogP contribution in [0, 0.1) is 0 Å². The van der Waals surface area contributed by atoms with Gasteiger partial charge in [0, 0.05) is 43.1 Å². The number of nitrogens with zero attached hydrogens (tertiary/aromatic N) is 3. The van der Waals surface area contributed by atoms with Gasteiger partial charge in [0.2, 0.25) is 5.91 Å². The molecule has 2 aromatic rings. The molecule has 0 atom stereocenters. The number of anilines is 2. The van der Waals surface area contributed by atoms with Crippen molar-refractivity contribution in [2.45, 2.75) is 13.0 Å². The van der Waals surface area contributed by atoms with E-state index >= 15 is 0 Å². The Bertz CT molecular complexity index is 830. The molecule has 1 aliphatic rings. The highest BCUT2D eigenvalue weighted by Gasteiger charge is 2.23. The predicted molar refractivity (Wildman–Crippen MR) is 97.1 cm³/mol. The van der Waals surface area contributed by atoms with E-state index in [0.717, 1.165) is 17.5 Å². The van der Waals surface area contributed by atoms with Crippen molar-refractivity contribution in [1.29, 1.82) is 0 Å². The van der Waals surface area contributed by atoms with E-state index < -0.39 is 0 Å². The van der Waals surface area contributed by atoms with E-state index in [9.17, 15) is 9.59 Å². The molecule has 6 nitrogen and oxygen atoms in total. The van der Waals surface area contributed by atoms with Crippen LogP contribution in [0.4, 0.5) is 11.5 Å². The van der Waals surface area contributed by atoms with E-state index in [1.54, 1.807) is 42.4 Å². The fraction of sp³-hybridized carbons (Fsp3) is 0.211. The summed E-state index contributed by atoms with van der Waals surface area (Å²) in [6, 6.07) is 8.92. The fourth-order valence-electron chi connectivity index (χ4n) is 2.94. The van der Waals surface area contributed by atoms with E-state index in [2.05, 4.69) is 11.6 Å². The molecule has 0 aliphatic carbocycles. The largest absolute Gasteiger partial charge is 0.383 e. The Morgan fingerprint density at radius 1 is 1.28 bits per heavy atom. The number of carbonyl (C=O) groups excluding carboxylic acids is 2. The van der Waals surface area contributed by atoms with Crippen molar-refractivity contribution in [2.24, 2.45) is 0 Å². The number of nitrogens with two attached hydrogens (primary N) is 1.